The number of hydrogen-bond acceptors (Lipinski definition) is 2. The van der Waals surface area contributed by atoms with Gasteiger partial charge in [0.1, 0.15) is 11.5 Å². The van der Waals surface area contributed by atoms with Crippen LogP contribution in [0, 0.1) is 17.5 Å². The van der Waals surface area contributed by atoms with E-state index in [-0.39, 0.29) is 0 Å². The average Bonchev–Trinajstić information content (AvgIpc) is 2.94. The lowest BCUT2D eigenvalue weighted by Gasteiger charge is -2.17. The molecule has 0 radical (unpaired) electrons. The van der Waals surface area contributed by atoms with Crippen LogP contribution in [0.3, 0.4) is 0 Å². The number of furan rings is 1. The molecule has 0 amide bonds. The normalized spacial score (nSPS) is 12.6. The molecule has 2 aromatic rings. The minimum Gasteiger partial charge on any atom is -0.464 e. The van der Waals surface area contributed by atoms with Crippen LogP contribution < -0.4 is 5.32 Å². The van der Waals surface area contributed by atoms with Gasteiger partial charge in [-0.05, 0) is 42.8 Å². The summed E-state index contributed by atoms with van der Waals surface area (Å²) in [4.78, 5) is 0. The monoisotopic (exact) mass is 297 g/mol. The predicted molar refractivity (Wildman–Crippen MR) is 74.5 cm³/mol. The van der Waals surface area contributed by atoms with Crippen molar-refractivity contribution in [2.75, 3.05) is 6.54 Å². The average molecular weight is 297 g/mol. The number of nitrogens with one attached hydrogen (secondary N) is 1. The maximum Gasteiger partial charge on any atom is 0.194 e. The Hall–Kier alpha value is -1.75. The summed E-state index contributed by atoms with van der Waals surface area (Å²) in [6.07, 6.45) is 1.58. The maximum atomic E-state index is 13.4. The third-order valence-corrected chi connectivity index (χ3v) is 3.25. The van der Waals surface area contributed by atoms with Crippen molar-refractivity contribution in [3.8, 4) is 0 Å². The zero-order valence-electron chi connectivity index (χ0n) is 12.1. The molecule has 0 fully saturated rings. The fourth-order valence-corrected chi connectivity index (χ4v) is 2.15. The lowest BCUT2D eigenvalue weighted by molar-refractivity contribution is 0.413. The molecular formula is C16H18F3NO. The van der Waals surface area contributed by atoms with Gasteiger partial charge in [0.05, 0.1) is 6.04 Å². The van der Waals surface area contributed by atoms with Gasteiger partial charge in [0.15, 0.2) is 17.5 Å². The molecule has 21 heavy (non-hydrogen) atoms. The topological polar surface area (TPSA) is 25.2 Å². The van der Waals surface area contributed by atoms with Gasteiger partial charge in [-0.3, -0.25) is 0 Å². The highest BCUT2D eigenvalue weighted by atomic mass is 19.2. The van der Waals surface area contributed by atoms with E-state index in [9.17, 15) is 13.2 Å². The van der Waals surface area contributed by atoms with Gasteiger partial charge < -0.3 is 9.73 Å². The summed E-state index contributed by atoms with van der Waals surface area (Å²) < 4.78 is 45.6. The van der Waals surface area contributed by atoms with Crippen LogP contribution in [0.15, 0.2) is 28.7 Å². The molecule has 1 heterocycles. The smallest absolute Gasteiger partial charge is 0.194 e. The minimum atomic E-state index is -1.46. The summed E-state index contributed by atoms with van der Waals surface area (Å²) in [5.74, 6) is -2.50. The largest absolute Gasteiger partial charge is 0.464 e. The van der Waals surface area contributed by atoms with Crippen LogP contribution in [0.2, 0.25) is 0 Å². The Morgan fingerprint density at radius 1 is 1.10 bits per heavy atom. The van der Waals surface area contributed by atoms with Crippen molar-refractivity contribution in [2.45, 2.75) is 32.7 Å². The van der Waals surface area contributed by atoms with Crippen molar-refractivity contribution in [2.24, 2.45) is 0 Å². The van der Waals surface area contributed by atoms with E-state index in [1.807, 2.05) is 19.9 Å². The van der Waals surface area contributed by atoms with Crippen molar-refractivity contribution in [3.05, 3.63) is 58.8 Å². The minimum absolute atomic E-state index is 0.303. The van der Waals surface area contributed by atoms with Crippen LogP contribution in [0.5, 0.6) is 0 Å². The van der Waals surface area contributed by atoms with E-state index in [2.05, 4.69) is 5.32 Å². The first-order valence-corrected chi connectivity index (χ1v) is 7.03. The summed E-state index contributed by atoms with van der Waals surface area (Å²) >= 11 is 0. The molecule has 114 valence electrons. The van der Waals surface area contributed by atoms with E-state index < -0.39 is 23.5 Å². The molecule has 0 bridgehead atoms. The second-order valence-corrected chi connectivity index (χ2v) is 4.84. The molecule has 2 nitrogen and oxygen atoms in total. The zero-order valence-corrected chi connectivity index (χ0v) is 12.1. The summed E-state index contributed by atoms with van der Waals surface area (Å²) in [7, 11) is 0. The summed E-state index contributed by atoms with van der Waals surface area (Å²) in [6, 6.07) is 5.09. The van der Waals surface area contributed by atoms with Crippen LogP contribution >= 0.6 is 0 Å². The van der Waals surface area contributed by atoms with Gasteiger partial charge in [0.2, 0.25) is 0 Å². The fraction of sp³-hybridized carbons (Fsp3) is 0.375. The van der Waals surface area contributed by atoms with Crippen LogP contribution in [0.25, 0.3) is 0 Å². The quantitative estimate of drug-likeness (QED) is 0.802. The van der Waals surface area contributed by atoms with Gasteiger partial charge in [0, 0.05) is 6.42 Å². The molecule has 0 saturated carbocycles. The lowest BCUT2D eigenvalue weighted by atomic mass is 10.0. The zero-order chi connectivity index (χ0) is 15.4. The number of aryl methyl sites for hydroxylation is 1. The van der Waals surface area contributed by atoms with Crippen molar-refractivity contribution in [1.82, 2.24) is 5.32 Å². The van der Waals surface area contributed by atoms with Gasteiger partial charge >= 0.3 is 0 Å². The molecule has 1 aromatic heterocycles. The molecule has 0 saturated heterocycles. The van der Waals surface area contributed by atoms with Crippen LogP contribution in [0.1, 0.15) is 43.4 Å². The van der Waals surface area contributed by atoms with E-state index in [0.29, 0.717) is 17.9 Å². The van der Waals surface area contributed by atoms with Gasteiger partial charge in [-0.2, -0.15) is 0 Å². The van der Waals surface area contributed by atoms with E-state index in [4.69, 9.17) is 4.42 Å². The molecule has 1 aromatic carbocycles. The second-order valence-electron chi connectivity index (χ2n) is 4.84. The Morgan fingerprint density at radius 2 is 1.76 bits per heavy atom. The molecule has 1 N–H and O–H groups in total. The summed E-state index contributed by atoms with van der Waals surface area (Å²) in [5.41, 5.74) is 0.303. The van der Waals surface area contributed by atoms with E-state index >= 15 is 0 Å². The van der Waals surface area contributed by atoms with Crippen molar-refractivity contribution in [3.63, 3.8) is 0 Å². The fourth-order valence-electron chi connectivity index (χ4n) is 2.15. The Bertz CT molecular complexity index is 586. The van der Waals surface area contributed by atoms with E-state index in [1.54, 1.807) is 6.07 Å². The lowest BCUT2D eigenvalue weighted by Crippen LogP contribution is -2.23. The molecule has 1 unspecified atom stereocenters. The first-order chi connectivity index (χ1) is 10.1. The summed E-state index contributed by atoms with van der Waals surface area (Å²) in [5, 5.41) is 3.16. The van der Waals surface area contributed by atoms with Crippen LogP contribution in [-0.2, 0) is 6.42 Å². The highest BCUT2D eigenvalue weighted by Gasteiger charge is 2.21. The molecule has 2 rings (SSSR count). The number of hydrogen-bond donors (Lipinski definition) is 1. The molecule has 1 atom stereocenters. The van der Waals surface area contributed by atoms with Gasteiger partial charge in [0.25, 0.3) is 0 Å². The molecule has 0 aliphatic carbocycles. The Labute approximate surface area is 122 Å². The highest BCUT2D eigenvalue weighted by molar-refractivity contribution is 5.29. The van der Waals surface area contributed by atoms with Crippen molar-refractivity contribution in [1.29, 1.82) is 0 Å². The number of halogens is 3. The Kier molecular flexibility index (Phi) is 5.07. The first-order valence-electron chi connectivity index (χ1n) is 7.03. The van der Waals surface area contributed by atoms with Crippen molar-refractivity contribution >= 4 is 0 Å². The van der Waals surface area contributed by atoms with Crippen LogP contribution in [-0.4, -0.2) is 6.54 Å². The molecule has 5 heteroatoms. The Balaban J connectivity index is 2.39. The molecule has 0 spiro atoms. The van der Waals surface area contributed by atoms with Gasteiger partial charge in [-0.25, -0.2) is 13.2 Å². The van der Waals surface area contributed by atoms with E-state index in [0.717, 1.165) is 30.7 Å². The number of benzene rings is 1. The molecule has 0 aliphatic heterocycles. The SMILES string of the molecule is CCCNC(c1cc(F)c(F)c(F)c1)c1ccc(CC)o1. The molecule has 0 aliphatic rings. The van der Waals surface area contributed by atoms with E-state index in [1.165, 1.54) is 0 Å². The third kappa shape index (κ3) is 3.47. The highest BCUT2D eigenvalue weighted by Crippen LogP contribution is 2.27. The van der Waals surface area contributed by atoms with Crippen LogP contribution in [0.4, 0.5) is 13.2 Å². The standard InChI is InChI=1S/C16H18F3NO/c1-3-7-20-16(14-6-5-11(4-2)21-14)10-8-12(17)15(19)13(18)9-10/h5-6,8-9,16,20H,3-4,7H2,1-2H3. The predicted octanol–water partition coefficient (Wildman–Crippen LogP) is 4.35. The number of rotatable bonds is 6. The van der Waals surface area contributed by atoms with Gasteiger partial charge in [-0.1, -0.05) is 13.8 Å². The second kappa shape index (κ2) is 6.80. The maximum absolute atomic E-state index is 13.4. The molecular weight excluding hydrogens is 279 g/mol. The first kappa shape index (κ1) is 15.6. The Morgan fingerprint density at radius 3 is 2.29 bits per heavy atom. The van der Waals surface area contributed by atoms with Gasteiger partial charge in [-0.15, -0.1) is 0 Å². The summed E-state index contributed by atoms with van der Waals surface area (Å²) in [6.45, 7) is 4.58. The third-order valence-electron chi connectivity index (χ3n) is 3.25. The van der Waals surface area contributed by atoms with Crippen molar-refractivity contribution < 1.29 is 17.6 Å².